The SMILES string of the molecule is CCC(N[C@H](C)c1ccc(Br)cc1)c1ccc(Cl)cc1. The first-order valence-electron chi connectivity index (χ1n) is 6.87. The fourth-order valence-electron chi connectivity index (χ4n) is 2.29. The van der Waals surface area contributed by atoms with Gasteiger partial charge in [-0.2, -0.15) is 0 Å². The van der Waals surface area contributed by atoms with Gasteiger partial charge in [-0.25, -0.2) is 0 Å². The van der Waals surface area contributed by atoms with Crippen LogP contribution in [-0.2, 0) is 0 Å². The quantitative estimate of drug-likeness (QED) is 0.706. The van der Waals surface area contributed by atoms with Gasteiger partial charge in [0.25, 0.3) is 0 Å². The Morgan fingerprint density at radius 1 is 1.00 bits per heavy atom. The van der Waals surface area contributed by atoms with Gasteiger partial charge in [0.15, 0.2) is 0 Å². The monoisotopic (exact) mass is 351 g/mol. The summed E-state index contributed by atoms with van der Waals surface area (Å²) >= 11 is 9.42. The summed E-state index contributed by atoms with van der Waals surface area (Å²) in [5.74, 6) is 0. The molecule has 0 heterocycles. The van der Waals surface area contributed by atoms with E-state index in [1.165, 1.54) is 11.1 Å². The van der Waals surface area contributed by atoms with Crippen LogP contribution >= 0.6 is 27.5 Å². The number of hydrogen-bond donors (Lipinski definition) is 1. The molecule has 0 aliphatic rings. The Hall–Kier alpha value is -0.830. The van der Waals surface area contributed by atoms with Crippen molar-refractivity contribution in [1.29, 1.82) is 0 Å². The van der Waals surface area contributed by atoms with Crippen LogP contribution in [-0.4, -0.2) is 0 Å². The van der Waals surface area contributed by atoms with Gasteiger partial charge in [0.05, 0.1) is 0 Å². The van der Waals surface area contributed by atoms with E-state index in [4.69, 9.17) is 11.6 Å². The lowest BCUT2D eigenvalue weighted by Crippen LogP contribution is -2.24. The van der Waals surface area contributed by atoms with Crippen LogP contribution < -0.4 is 5.32 Å². The third-order valence-corrected chi connectivity index (χ3v) is 4.28. The lowest BCUT2D eigenvalue weighted by molar-refractivity contribution is 0.456. The van der Waals surface area contributed by atoms with Gasteiger partial charge in [0.2, 0.25) is 0 Å². The Labute approximate surface area is 134 Å². The molecule has 1 unspecified atom stereocenters. The van der Waals surface area contributed by atoms with Gasteiger partial charge >= 0.3 is 0 Å². The second-order valence-electron chi connectivity index (χ2n) is 4.95. The molecule has 0 amide bonds. The molecule has 2 aromatic rings. The van der Waals surface area contributed by atoms with Crippen LogP contribution in [0, 0.1) is 0 Å². The maximum Gasteiger partial charge on any atom is 0.0406 e. The molecule has 2 aromatic carbocycles. The van der Waals surface area contributed by atoms with E-state index in [-0.39, 0.29) is 0 Å². The Kier molecular flexibility index (Phi) is 5.64. The molecule has 0 bridgehead atoms. The Morgan fingerprint density at radius 2 is 1.55 bits per heavy atom. The van der Waals surface area contributed by atoms with E-state index in [1.54, 1.807) is 0 Å². The second-order valence-corrected chi connectivity index (χ2v) is 6.30. The molecule has 1 N–H and O–H groups in total. The Bertz CT molecular complexity index is 536. The summed E-state index contributed by atoms with van der Waals surface area (Å²) in [6, 6.07) is 17.2. The fourth-order valence-corrected chi connectivity index (χ4v) is 2.68. The van der Waals surface area contributed by atoms with Gasteiger partial charge in [0, 0.05) is 21.6 Å². The highest BCUT2D eigenvalue weighted by Gasteiger charge is 2.13. The molecule has 0 aliphatic heterocycles. The number of benzene rings is 2. The number of rotatable bonds is 5. The maximum absolute atomic E-state index is 5.95. The van der Waals surface area contributed by atoms with Gasteiger partial charge < -0.3 is 5.32 Å². The van der Waals surface area contributed by atoms with E-state index in [1.807, 2.05) is 12.1 Å². The Balaban J connectivity index is 2.09. The summed E-state index contributed by atoms with van der Waals surface area (Å²) in [7, 11) is 0. The van der Waals surface area contributed by atoms with Gasteiger partial charge in [-0.1, -0.05) is 58.7 Å². The summed E-state index contributed by atoms with van der Waals surface area (Å²) in [6.45, 7) is 4.39. The summed E-state index contributed by atoms with van der Waals surface area (Å²) in [4.78, 5) is 0. The summed E-state index contributed by atoms with van der Waals surface area (Å²) in [5, 5.41) is 4.46. The van der Waals surface area contributed by atoms with Crippen LogP contribution in [0.2, 0.25) is 5.02 Å². The van der Waals surface area contributed by atoms with Crippen molar-refractivity contribution in [3.63, 3.8) is 0 Å². The largest absolute Gasteiger partial charge is 0.303 e. The van der Waals surface area contributed by atoms with E-state index < -0.39 is 0 Å². The first-order valence-corrected chi connectivity index (χ1v) is 8.04. The van der Waals surface area contributed by atoms with E-state index in [0.717, 1.165) is 15.9 Å². The third kappa shape index (κ3) is 4.08. The molecule has 1 nitrogen and oxygen atoms in total. The van der Waals surface area contributed by atoms with Crippen LogP contribution in [0.1, 0.15) is 43.5 Å². The molecule has 0 aromatic heterocycles. The summed E-state index contributed by atoms with van der Waals surface area (Å²) in [6.07, 6.45) is 1.04. The summed E-state index contributed by atoms with van der Waals surface area (Å²) < 4.78 is 1.11. The van der Waals surface area contributed by atoms with Crippen molar-refractivity contribution in [3.8, 4) is 0 Å². The smallest absolute Gasteiger partial charge is 0.0406 e. The van der Waals surface area contributed by atoms with Gasteiger partial charge in [-0.15, -0.1) is 0 Å². The van der Waals surface area contributed by atoms with Crippen molar-refractivity contribution in [2.24, 2.45) is 0 Å². The molecule has 0 saturated carbocycles. The first kappa shape index (κ1) is 15.6. The number of nitrogens with one attached hydrogen (secondary N) is 1. The lowest BCUT2D eigenvalue weighted by Gasteiger charge is -2.23. The minimum atomic E-state index is 0.309. The van der Waals surface area contributed by atoms with Crippen LogP contribution in [0.5, 0.6) is 0 Å². The van der Waals surface area contributed by atoms with Crippen molar-refractivity contribution in [1.82, 2.24) is 5.32 Å². The predicted octanol–water partition coefficient (Wildman–Crippen LogP) is 5.90. The fraction of sp³-hybridized carbons (Fsp3) is 0.294. The zero-order valence-electron chi connectivity index (χ0n) is 11.7. The van der Waals surface area contributed by atoms with Crippen LogP contribution in [0.3, 0.4) is 0 Å². The molecule has 2 atom stereocenters. The van der Waals surface area contributed by atoms with Crippen molar-refractivity contribution in [2.75, 3.05) is 0 Å². The highest BCUT2D eigenvalue weighted by Crippen LogP contribution is 2.24. The molecule has 2 rings (SSSR count). The van der Waals surface area contributed by atoms with Crippen molar-refractivity contribution in [3.05, 3.63) is 69.2 Å². The highest BCUT2D eigenvalue weighted by atomic mass is 79.9. The van der Waals surface area contributed by atoms with Gasteiger partial charge in [0.1, 0.15) is 0 Å². The van der Waals surface area contributed by atoms with Crippen LogP contribution in [0.4, 0.5) is 0 Å². The van der Waals surface area contributed by atoms with E-state index >= 15 is 0 Å². The molecule has 0 spiro atoms. The standard InChI is InChI=1S/C17H19BrClN/c1-3-17(14-6-10-16(19)11-7-14)20-12(2)13-4-8-15(18)9-5-13/h4-12,17,20H,3H2,1-2H3/t12-,17?/m1/s1. The zero-order valence-corrected chi connectivity index (χ0v) is 14.1. The van der Waals surface area contributed by atoms with Crippen molar-refractivity contribution >= 4 is 27.5 Å². The normalized spacial score (nSPS) is 14.0. The molecule has 0 aliphatic carbocycles. The van der Waals surface area contributed by atoms with Gasteiger partial charge in [-0.3, -0.25) is 0 Å². The molecule has 106 valence electrons. The minimum absolute atomic E-state index is 0.309. The highest BCUT2D eigenvalue weighted by molar-refractivity contribution is 9.10. The van der Waals surface area contributed by atoms with Crippen LogP contribution in [0.25, 0.3) is 0 Å². The molecule has 3 heteroatoms. The summed E-state index contributed by atoms with van der Waals surface area (Å²) in [5.41, 5.74) is 2.57. The minimum Gasteiger partial charge on any atom is -0.303 e. The molecule has 0 fully saturated rings. The topological polar surface area (TPSA) is 12.0 Å². The van der Waals surface area contributed by atoms with Gasteiger partial charge in [-0.05, 0) is 48.7 Å². The first-order chi connectivity index (χ1) is 9.60. The van der Waals surface area contributed by atoms with Crippen LogP contribution in [0.15, 0.2) is 53.0 Å². The average Bonchev–Trinajstić information content (AvgIpc) is 2.46. The Morgan fingerprint density at radius 3 is 2.10 bits per heavy atom. The molecule has 0 radical (unpaired) electrons. The maximum atomic E-state index is 5.95. The van der Waals surface area contributed by atoms with E-state index in [2.05, 4.69) is 71.5 Å². The lowest BCUT2D eigenvalue weighted by atomic mass is 10.0. The second kappa shape index (κ2) is 7.26. The molecule has 0 saturated heterocycles. The van der Waals surface area contributed by atoms with E-state index in [9.17, 15) is 0 Å². The van der Waals surface area contributed by atoms with Crippen molar-refractivity contribution in [2.45, 2.75) is 32.4 Å². The molecular formula is C17H19BrClN. The van der Waals surface area contributed by atoms with E-state index in [0.29, 0.717) is 12.1 Å². The molecule has 20 heavy (non-hydrogen) atoms. The van der Waals surface area contributed by atoms with Crippen molar-refractivity contribution < 1.29 is 0 Å². The number of halogens is 2. The zero-order chi connectivity index (χ0) is 14.5. The predicted molar refractivity (Wildman–Crippen MR) is 90.2 cm³/mol. The third-order valence-electron chi connectivity index (χ3n) is 3.50. The average molecular weight is 353 g/mol. The number of hydrogen-bond acceptors (Lipinski definition) is 1. The molecular weight excluding hydrogens is 334 g/mol.